The molecule has 0 aromatic carbocycles. The Morgan fingerprint density at radius 2 is 2.05 bits per heavy atom. The fraction of sp³-hybridized carbons (Fsp3) is 0.333. The molecule has 0 radical (unpaired) electrons. The summed E-state index contributed by atoms with van der Waals surface area (Å²) in [4.78, 5) is 8.66. The number of rotatable bonds is 5. The fourth-order valence-corrected chi connectivity index (χ4v) is 1.61. The van der Waals surface area contributed by atoms with Gasteiger partial charge in [0.2, 0.25) is 5.88 Å². The topological polar surface area (TPSA) is 47.0 Å². The predicted molar refractivity (Wildman–Crippen MR) is 75.3 cm³/mol. The van der Waals surface area contributed by atoms with Gasteiger partial charge in [-0.25, -0.2) is 4.98 Å². The molecule has 2 aromatic rings. The lowest BCUT2D eigenvalue weighted by molar-refractivity contribution is 0.452. The van der Waals surface area contributed by atoms with Gasteiger partial charge in [-0.2, -0.15) is 0 Å². The van der Waals surface area contributed by atoms with E-state index >= 15 is 0 Å². The Hall–Kier alpha value is -1.94. The lowest BCUT2D eigenvalue weighted by atomic mass is 10.3. The molecule has 0 spiro atoms. The number of aryl methyl sites for hydroxylation is 1. The third-order valence-corrected chi connectivity index (χ3v) is 2.65. The second-order valence-corrected chi connectivity index (χ2v) is 4.69. The molecule has 2 heterocycles. The van der Waals surface area contributed by atoms with Crippen LogP contribution in [0.5, 0.6) is 11.6 Å². The standard InChI is InChI=1S/C15H19N3O/c1-11(2)17-10-13-6-4-8-15(18-13)19-14-7-5-9-16-12(14)3/h4-9,11,17H,10H2,1-3H3. The van der Waals surface area contributed by atoms with E-state index in [0.717, 1.165) is 23.7 Å². The number of ether oxygens (including phenoxy) is 1. The highest BCUT2D eigenvalue weighted by Crippen LogP contribution is 2.21. The van der Waals surface area contributed by atoms with Crippen molar-refractivity contribution in [2.24, 2.45) is 0 Å². The first-order chi connectivity index (χ1) is 9.15. The maximum atomic E-state index is 5.76. The molecule has 19 heavy (non-hydrogen) atoms. The lowest BCUT2D eigenvalue weighted by Crippen LogP contribution is -2.22. The van der Waals surface area contributed by atoms with Crippen LogP contribution in [0.2, 0.25) is 0 Å². The van der Waals surface area contributed by atoms with Crippen molar-refractivity contribution in [3.63, 3.8) is 0 Å². The van der Waals surface area contributed by atoms with Gasteiger partial charge < -0.3 is 10.1 Å². The van der Waals surface area contributed by atoms with E-state index in [2.05, 4.69) is 29.1 Å². The summed E-state index contributed by atoms with van der Waals surface area (Å²) in [6.45, 7) is 6.87. The van der Waals surface area contributed by atoms with Crippen molar-refractivity contribution in [3.8, 4) is 11.6 Å². The van der Waals surface area contributed by atoms with Gasteiger partial charge in [0, 0.05) is 24.8 Å². The van der Waals surface area contributed by atoms with Crippen LogP contribution in [-0.4, -0.2) is 16.0 Å². The first-order valence-corrected chi connectivity index (χ1v) is 6.44. The second-order valence-electron chi connectivity index (χ2n) is 4.69. The van der Waals surface area contributed by atoms with Crippen molar-refractivity contribution >= 4 is 0 Å². The molecular formula is C15H19N3O. The van der Waals surface area contributed by atoms with Gasteiger partial charge in [-0.05, 0) is 25.1 Å². The summed E-state index contributed by atoms with van der Waals surface area (Å²) in [7, 11) is 0. The lowest BCUT2D eigenvalue weighted by Gasteiger charge is -2.10. The number of nitrogens with one attached hydrogen (secondary N) is 1. The number of nitrogens with zero attached hydrogens (tertiary/aromatic N) is 2. The predicted octanol–water partition coefficient (Wildman–Crippen LogP) is 3.08. The fourth-order valence-electron chi connectivity index (χ4n) is 1.61. The highest BCUT2D eigenvalue weighted by Gasteiger charge is 2.04. The molecule has 0 unspecified atom stereocenters. The molecule has 4 nitrogen and oxygen atoms in total. The van der Waals surface area contributed by atoms with Crippen LogP contribution < -0.4 is 10.1 Å². The number of hydrogen-bond donors (Lipinski definition) is 1. The van der Waals surface area contributed by atoms with E-state index in [1.807, 2.05) is 37.3 Å². The molecule has 0 bridgehead atoms. The summed E-state index contributed by atoms with van der Waals surface area (Å²) in [5, 5.41) is 3.33. The molecule has 0 amide bonds. The van der Waals surface area contributed by atoms with E-state index in [4.69, 9.17) is 4.74 Å². The first kappa shape index (κ1) is 13.5. The third-order valence-electron chi connectivity index (χ3n) is 2.65. The van der Waals surface area contributed by atoms with E-state index < -0.39 is 0 Å². The Bertz CT molecular complexity index is 540. The highest BCUT2D eigenvalue weighted by molar-refractivity contribution is 5.30. The van der Waals surface area contributed by atoms with Gasteiger partial charge in [-0.3, -0.25) is 4.98 Å². The average Bonchev–Trinajstić information content (AvgIpc) is 2.40. The van der Waals surface area contributed by atoms with Crippen molar-refractivity contribution in [1.82, 2.24) is 15.3 Å². The monoisotopic (exact) mass is 257 g/mol. The normalized spacial score (nSPS) is 10.7. The zero-order valence-electron chi connectivity index (χ0n) is 11.6. The van der Waals surface area contributed by atoms with Gasteiger partial charge >= 0.3 is 0 Å². The molecule has 100 valence electrons. The Balaban J connectivity index is 2.09. The van der Waals surface area contributed by atoms with E-state index in [9.17, 15) is 0 Å². The van der Waals surface area contributed by atoms with E-state index in [0.29, 0.717) is 11.9 Å². The maximum Gasteiger partial charge on any atom is 0.219 e. The SMILES string of the molecule is Cc1ncccc1Oc1cccc(CNC(C)C)n1. The summed E-state index contributed by atoms with van der Waals surface area (Å²) in [6, 6.07) is 9.97. The minimum atomic E-state index is 0.437. The third kappa shape index (κ3) is 4.03. The molecular weight excluding hydrogens is 238 g/mol. The largest absolute Gasteiger partial charge is 0.437 e. The molecule has 0 aliphatic rings. The van der Waals surface area contributed by atoms with Crippen LogP contribution in [0.15, 0.2) is 36.5 Å². The minimum absolute atomic E-state index is 0.437. The molecule has 0 atom stereocenters. The maximum absolute atomic E-state index is 5.76. The summed E-state index contributed by atoms with van der Waals surface area (Å²) in [5.74, 6) is 1.34. The number of hydrogen-bond acceptors (Lipinski definition) is 4. The van der Waals surface area contributed by atoms with Crippen molar-refractivity contribution in [2.75, 3.05) is 0 Å². The molecule has 0 aliphatic carbocycles. The van der Waals surface area contributed by atoms with Crippen LogP contribution in [0.25, 0.3) is 0 Å². The van der Waals surface area contributed by atoms with E-state index in [-0.39, 0.29) is 0 Å². The van der Waals surface area contributed by atoms with Gasteiger partial charge in [0.25, 0.3) is 0 Å². The second kappa shape index (κ2) is 6.29. The first-order valence-electron chi connectivity index (χ1n) is 6.44. The smallest absolute Gasteiger partial charge is 0.219 e. The molecule has 0 fully saturated rings. The van der Waals surface area contributed by atoms with Gasteiger partial charge in [0.1, 0.15) is 0 Å². The minimum Gasteiger partial charge on any atom is -0.437 e. The van der Waals surface area contributed by atoms with Crippen molar-refractivity contribution < 1.29 is 4.74 Å². The van der Waals surface area contributed by atoms with Gasteiger partial charge in [0.15, 0.2) is 5.75 Å². The molecule has 4 heteroatoms. The highest BCUT2D eigenvalue weighted by atomic mass is 16.5. The van der Waals surface area contributed by atoms with Gasteiger partial charge in [-0.1, -0.05) is 19.9 Å². The summed E-state index contributed by atoms with van der Waals surface area (Å²) in [5.41, 5.74) is 1.82. The van der Waals surface area contributed by atoms with Crippen LogP contribution in [0.3, 0.4) is 0 Å². The zero-order chi connectivity index (χ0) is 13.7. The average molecular weight is 257 g/mol. The summed E-state index contributed by atoms with van der Waals surface area (Å²) in [6.07, 6.45) is 1.75. The Morgan fingerprint density at radius 3 is 2.79 bits per heavy atom. The Morgan fingerprint density at radius 1 is 1.21 bits per heavy atom. The van der Waals surface area contributed by atoms with E-state index in [1.54, 1.807) is 6.20 Å². The van der Waals surface area contributed by atoms with Crippen molar-refractivity contribution in [1.29, 1.82) is 0 Å². The quantitative estimate of drug-likeness (QED) is 0.894. The molecule has 0 saturated carbocycles. The van der Waals surface area contributed by atoms with Crippen LogP contribution in [0.4, 0.5) is 0 Å². The van der Waals surface area contributed by atoms with Crippen molar-refractivity contribution in [3.05, 3.63) is 47.9 Å². The number of aromatic nitrogens is 2. The van der Waals surface area contributed by atoms with Gasteiger partial charge in [0.05, 0.1) is 11.4 Å². The summed E-state index contributed by atoms with van der Waals surface area (Å²) >= 11 is 0. The van der Waals surface area contributed by atoms with Gasteiger partial charge in [-0.15, -0.1) is 0 Å². The van der Waals surface area contributed by atoms with E-state index in [1.165, 1.54) is 0 Å². The Labute approximate surface area is 113 Å². The van der Waals surface area contributed by atoms with Crippen LogP contribution in [0.1, 0.15) is 25.2 Å². The van der Waals surface area contributed by atoms with Crippen LogP contribution >= 0.6 is 0 Å². The molecule has 0 aliphatic heterocycles. The van der Waals surface area contributed by atoms with Crippen LogP contribution in [-0.2, 0) is 6.54 Å². The Kier molecular flexibility index (Phi) is 4.47. The molecule has 2 rings (SSSR count). The molecule has 2 aromatic heterocycles. The van der Waals surface area contributed by atoms with Crippen molar-refractivity contribution in [2.45, 2.75) is 33.4 Å². The summed E-state index contributed by atoms with van der Waals surface area (Å²) < 4.78 is 5.76. The zero-order valence-corrected chi connectivity index (χ0v) is 11.6. The number of pyridine rings is 2. The molecule has 0 saturated heterocycles. The van der Waals surface area contributed by atoms with Crippen LogP contribution in [0, 0.1) is 6.92 Å². The molecule has 1 N–H and O–H groups in total.